The molecule has 2 unspecified atom stereocenters. The first-order valence-corrected chi connectivity index (χ1v) is 10.5. The molecule has 1 aliphatic carbocycles. The van der Waals surface area contributed by atoms with E-state index in [4.69, 9.17) is 4.98 Å². The predicted octanol–water partition coefficient (Wildman–Crippen LogP) is 4.42. The molecule has 2 atom stereocenters. The Kier molecular flexibility index (Phi) is 5.04. The molecule has 2 heterocycles. The van der Waals surface area contributed by atoms with Gasteiger partial charge in [-0.05, 0) is 69.7 Å². The van der Waals surface area contributed by atoms with Gasteiger partial charge in [-0.3, -0.25) is 19.2 Å². The molecule has 5 heteroatoms. The summed E-state index contributed by atoms with van der Waals surface area (Å²) in [6.45, 7) is 11.9. The number of aromatic nitrogens is 2. The molecular weight excluding hydrogens is 348 g/mol. The van der Waals surface area contributed by atoms with Crippen LogP contribution in [0.15, 0.2) is 23.0 Å². The van der Waals surface area contributed by atoms with Crippen molar-refractivity contribution in [1.82, 2.24) is 14.5 Å². The fraction of sp³-hybridized carbons (Fsp3) is 0.565. The number of benzene rings is 1. The number of fused-ring (bicyclic) bond motifs is 1. The molecule has 0 saturated heterocycles. The molecule has 1 aliphatic heterocycles. The van der Waals surface area contributed by atoms with Crippen LogP contribution in [0.1, 0.15) is 55.0 Å². The highest BCUT2D eigenvalue weighted by Crippen LogP contribution is 2.34. The van der Waals surface area contributed by atoms with Crippen molar-refractivity contribution in [2.45, 2.75) is 73.0 Å². The summed E-state index contributed by atoms with van der Waals surface area (Å²) < 4.78 is 1.88. The predicted molar refractivity (Wildman–Crippen MR) is 114 cm³/mol. The van der Waals surface area contributed by atoms with E-state index < -0.39 is 0 Å². The average molecular weight is 381 g/mol. The summed E-state index contributed by atoms with van der Waals surface area (Å²) in [7, 11) is 0. The van der Waals surface area contributed by atoms with E-state index in [2.05, 4.69) is 48.8 Å². The van der Waals surface area contributed by atoms with Gasteiger partial charge in [-0.15, -0.1) is 0 Å². The molecule has 4 rings (SSSR count). The maximum absolute atomic E-state index is 13.1. The van der Waals surface area contributed by atoms with Crippen LogP contribution in [0.2, 0.25) is 0 Å². The SMILES string of the molecule is Cc1ccc(N2CN(C3CCCCC3C)Cn3c2nc(C)c(C)c3=O)cc1C. The smallest absolute Gasteiger partial charge is 0.259 e. The van der Waals surface area contributed by atoms with Gasteiger partial charge in [-0.25, -0.2) is 4.98 Å². The number of nitrogens with zero attached hydrogens (tertiary/aromatic N) is 4. The monoisotopic (exact) mass is 380 g/mol. The lowest BCUT2D eigenvalue weighted by molar-refractivity contribution is 0.0723. The van der Waals surface area contributed by atoms with Crippen LogP contribution in [-0.4, -0.2) is 27.2 Å². The third-order valence-electron chi connectivity index (χ3n) is 6.84. The highest BCUT2D eigenvalue weighted by molar-refractivity contribution is 5.60. The van der Waals surface area contributed by atoms with E-state index in [0.29, 0.717) is 18.6 Å². The van der Waals surface area contributed by atoms with Gasteiger partial charge in [-0.2, -0.15) is 0 Å². The van der Waals surface area contributed by atoms with Gasteiger partial charge in [0.1, 0.15) is 0 Å². The number of hydrogen-bond donors (Lipinski definition) is 0. The molecule has 2 aliphatic rings. The Morgan fingerprint density at radius 3 is 2.46 bits per heavy atom. The van der Waals surface area contributed by atoms with Gasteiger partial charge in [0.2, 0.25) is 5.95 Å². The Labute approximate surface area is 168 Å². The molecule has 1 aromatic heterocycles. The molecular formula is C23H32N4O. The summed E-state index contributed by atoms with van der Waals surface area (Å²) in [5, 5.41) is 0. The zero-order chi connectivity index (χ0) is 20.0. The summed E-state index contributed by atoms with van der Waals surface area (Å²) in [6, 6.07) is 7.05. The Balaban J connectivity index is 1.82. The number of aryl methyl sites for hydroxylation is 3. The fourth-order valence-electron chi connectivity index (χ4n) is 4.69. The molecule has 150 valence electrons. The van der Waals surface area contributed by atoms with E-state index in [1.54, 1.807) is 0 Å². The van der Waals surface area contributed by atoms with Crippen molar-refractivity contribution < 1.29 is 0 Å². The minimum Gasteiger partial charge on any atom is -0.298 e. The summed E-state index contributed by atoms with van der Waals surface area (Å²) >= 11 is 0. The third-order valence-corrected chi connectivity index (χ3v) is 6.84. The molecule has 2 aromatic rings. The topological polar surface area (TPSA) is 41.4 Å². The van der Waals surface area contributed by atoms with Gasteiger partial charge < -0.3 is 0 Å². The lowest BCUT2D eigenvalue weighted by atomic mass is 9.85. The van der Waals surface area contributed by atoms with Crippen LogP contribution >= 0.6 is 0 Å². The van der Waals surface area contributed by atoms with Crippen LogP contribution in [-0.2, 0) is 6.67 Å². The largest absolute Gasteiger partial charge is 0.298 e. The first-order chi connectivity index (χ1) is 13.4. The van der Waals surface area contributed by atoms with Crippen molar-refractivity contribution >= 4 is 11.6 Å². The first kappa shape index (κ1) is 19.2. The van der Waals surface area contributed by atoms with Crippen LogP contribution in [0.4, 0.5) is 11.6 Å². The molecule has 1 fully saturated rings. The van der Waals surface area contributed by atoms with Crippen LogP contribution in [0, 0.1) is 33.6 Å². The highest BCUT2D eigenvalue weighted by atomic mass is 16.1. The molecule has 5 nitrogen and oxygen atoms in total. The summed E-state index contributed by atoms with van der Waals surface area (Å²) in [5.41, 5.74) is 5.32. The van der Waals surface area contributed by atoms with E-state index >= 15 is 0 Å². The van der Waals surface area contributed by atoms with Crippen molar-refractivity contribution in [2.75, 3.05) is 11.6 Å². The standard InChI is InChI=1S/C23H32N4O/c1-15-10-11-20(12-17(15)3)26-13-25(21-9-7-6-8-16(21)2)14-27-22(28)18(4)19(5)24-23(26)27/h10-12,16,21H,6-9,13-14H2,1-5H3. The van der Waals surface area contributed by atoms with Gasteiger partial charge >= 0.3 is 0 Å². The Morgan fingerprint density at radius 1 is 1.00 bits per heavy atom. The van der Waals surface area contributed by atoms with Gasteiger partial charge in [0, 0.05) is 23.0 Å². The number of rotatable bonds is 2. The van der Waals surface area contributed by atoms with Gasteiger partial charge in [-0.1, -0.05) is 25.8 Å². The van der Waals surface area contributed by atoms with Crippen LogP contribution in [0.3, 0.4) is 0 Å². The van der Waals surface area contributed by atoms with E-state index in [1.807, 2.05) is 18.4 Å². The summed E-state index contributed by atoms with van der Waals surface area (Å²) in [6.07, 6.45) is 5.09. The molecule has 1 aromatic carbocycles. The van der Waals surface area contributed by atoms with E-state index in [9.17, 15) is 4.79 Å². The van der Waals surface area contributed by atoms with Crippen LogP contribution in [0.5, 0.6) is 0 Å². The molecule has 0 N–H and O–H groups in total. The highest BCUT2D eigenvalue weighted by Gasteiger charge is 2.34. The van der Waals surface area contributed by atoms with Crippen molar-refractivity contribution in [3.63, 3.8) is 0 Å². The molecule has 0 amide bonds. The van der Waals surface area contributed by atoms with Crippen LogP contribution < -0.4 is 10.5 Å². The maximum atomic E-state index is 13.1. The minimum absolute atomic E-state index is 0.0875. The number of hydrogen-bond acceptors (Lipinski definition) is 4. The Morgan fingerprint density at radius 2 is 1.75 bits per heavy atom. The zero-order valence-corrected chi connectivity index (χ0v) is 17.8. The third kappa shape index (κ3) is 3.26. The second-order valence-electron chi connectivity index (χ2n) is 8.75. The van der Waals surface area contributed by atoms with Crippen molar-refractivity contribution in [1.29, 1.82) is 0 Å². The number of anilines is 2. The van der Waals surface area contributed by atoms with Crippen molar-refractivity contribution in [3.8, 4) is 0 Å². The zero-order valence-electron chi connectivity index (χ0n) is 17.8. The molecule has 28 heavy (non-hydrogen) atoms. The molecule has 0 spiro atoms. The van der Waals surface area contributed by atoms with E-state index in [0.717, 1.165) is 29.6 Å². The average Bonchev–Trinajstić information content (AvgIpc) is 2.68. The molecule has 0 radical (unpaired) electrons. The van der Waals surface area contributed by atoms with Crippen LogP contribution in [0.25, 0.3) is 0 Å². The van der Waals surface area contributed by atoms with E-state index in [-0.39, 0.29) is 5.56 Å². The maximum Gasteiger partial charge on any atom is 0.259 e. The second kappa shape index (κ2) is 7.36. The molecule has 1 saturated carbocycles. The Bertz CT molecular complexity index is 948. The second-order valence-corrected chi connectivity index (χ2v) is 8.75. The first-order valence-electron chi connectivity index (χ1n) is 10.5. The summed E-state index contributed by atoms with van der Waals surface area (Å²) in [5.74, 6) is 1.43. The molecule has 0 bridgehead atoms. The van der Waals surface area contributed by atoms with Gasteiger partial charge in [0.25, 0.3) is 5.56 Å². The van der Waals surface area contributed by atoms with Crippen molar-refractivity contribution in [3.05, 3.63) is 50.9 Å². The quantitative estimate of drug-likeness (QED) is 0.773. The van der Waals surface area contributed by atoms with Gasteiger partial charge in [0.05, 0.1) is 13.3 Å². The lowest BCUT2D eigenvalue weighted by Gasteiger charge is -2.45. The Hall–Kier alpha value is -2.14. The normalized spacial score (nSPS) is 23.0. The lowest BCUT2D eigenvalue weighted by Crippen LogP contribution is -2.53. The fourth-order valence-corrected chi connectivity index (χ4v) is 4.69. The van der Waals surface area contributed by atoms with Gasteiger partial charge in [0.15, 0.2) is 0 Å². The summed E-state index contributed by atoms with van der Waals surface area (Å²) in [4.78, 5) is 22.7. The van der Waals surface area contributed by atoms with E-state index in [1.165, 1.54) is 36.8 Å². The van der Waals surface area contributed by atoms with Crippen molar-refractivity contribution in [2.24, 2.45) is 5.92 Å². The minimum atomic E-state index is 0.0875.